The standard InChI is InChI=1S/C29H29BrF3N3O8S2/c1-42-22(37)15-44-24-23(30)25(45-26(24)27(38)43-2)17-7-5-8-20(14-17)36(28(39)29(31,32)33)19-10-12-35(13-11-19)46(40,41)16-18-6-3-4-9-21(18)34/h3-9,14,19H,10-13,15-16,34H2,1-2H3. The Labute approximate surface area is 275 Å². The van der Waals surface area contributed by atoms with Crippen molar-refractivity contribution < 1.29 is 50.2 Å². The second kappa shape index (κ2) is 14.4. The average molecular weight is 749 g/mol. The lowest BCUT2D eigenvalue weighted by Crippen LogP contribution is -2.52. The number of para-hydroxylation sites is 1. The average Bonchev–Trinajstić information content (AvgIpc) is 3.36. The van der Waals surface area contributed by atoms with Crippen LogP contribution < -0.4 is 15.4 Å². The van der Waals surface area contributed by atoms with Crippen LogP contribution in [0.2, 0.25) is 0 Å². The second-order valence-electron chi connectivity index (χ2n) is 10.1. The van der Waals surface area contributed by atoms with Crippen molar-refractivity contribution in [3.63, 3.8) is 0 Å². The van der Waals surface area contributed by atoms with Gasteiger partial charge in [0.2, 0.25) is 10.0 Å². The molecule has 0 aliphatic carbocycles. The van der Waals surface area contributed by atoms with Gasteiger partial charge in [-0.3, -0.25) is 4.79 Å². The minimum Gasteiger partial charge on any atom is -0.479 e. The van der Waals surface area contributed by atoms with Crippen molar-refractivity contribution >= 4 is 66.5 Å². The number of piperidine rings is 1. The Hall–Kier alpha value is -3.67. The lowest BCUT2D eigenvalue weighted by molar-refractivity contribution is -0.171. The van der Waals surface area contributed by atoms with Gasteiger partial charge < -0.3 is 24.8 Å². The summed E-state index contributed by atoms with van der Waals surface area (Å²) in [7, 11) is -1.54. The van der Waals surface area contributed by atoms with Crippen molar-refractivity contribution in [2.45, 2.75) is 30.8 Å². The Morgan fingerprint density at radius 2 is 1.74 bits per heavy atom. The molecule has 0 saturated carbocycles. The van der Waals surface area contributed by atoms with Gasteiger partial charge >= 0.3 is 24.0 Å². The lowest BCUT2D eigenvalue weighted by Gasteiger charge is -2.38. The molecule has 17 heteroatoms. The highest BCUT2D eigenvalue weighted by atomic mass is 79.9. The molecule has 1 aliphatic heterocycles. The van der Waals surface area contributed by atoms with E-state index in [4.69, 9.17) is 15.2 Å². The number of hydrogen-bond donors (Lipinski definition) is 1. The molecule has 1 aliphatic rings. The number of nitrogen functional groups attached to an aromatic ring is 1. The SMILES string of the molecule is COC(=O)COc1c(C(=O)OC)sc(-c2cccc(N(C(=O)C(F)(F)F)C3CCN(S(=O)(=O)Cc4ccccc4N)CC3)c2)c1Br. The van der Waals surface area contributed by atoms with E-state index in [0.29, 0.717) is 26.6 Å². The monoisotopic (exact) mass is 747 g/mol. The fraction of sp³-hybridized carbons (Fsp3) is 0.345. The number of nitrogens with two attached hydrogens (primary N) is 1. The number of esters is 2. The first-order valence-electron chi connectivity index (χ1n) is 13.6. The van der Waals surface area contributed by atoms with Gasteiger partial charge in [0.1, 0.15) is 0 Å². The first-order valence-corrected chi connectivity index (χ1v) is 16.8. The fourth-order valence-corrected chi connectivity index (χ4v) is 8.46. The van der Waals surface area contributed by atoms with Gasteiger partial charge in [-0.05, 0) is 58.1 Å². The third kappa shape index (κ3) is 7.82. The van der Waals surface area contributed by atoms with Crippen molar-refractivity contribution in [1.29, 1.82) is 0 Å². The summed E-state index contributed by atoms with van der Waals surface area (Å²) in [6, 6.07) is 11.2. The number of alkyl halides is 3. The maximum absolute atomic E-state index is 13.9. The van der Waals surface area contributed by atoms with Gasteiger partial charge in [-0.1, -0.05) is 30.3 Å². The summed E-state index contributed by atoms with van der Waals surface area (Å²) in [5.41, 5.74) is 6.85. The lowest BCUT2D eigenvalue weighted by atomic mass is 10.0. The molecule has 2 aromatic carbocycles. The molecule has 1 fully saturated rings. The van der Waals surface area contributed by atoms with Gasteiger partial charge in [0, 0.05) is 30.5 Å². The number of halogens is 4. The van der Waals surface area contributed by atoms with Crippen LogP contribution in [0.4, 0.5) is 24.5 Å². The number of ether oxygens (including phenoxy) is 3. The summed E-state index contributed by atoms with van der Waals surface area (Å²) in [4.78, 5) is 37.9. The maximum Gasteiger partial charge on any atom is 0.471 e. The number of sulfonamides is 1. The van der Waals surface area contributed by atoms with Crippen LogP contribution in [-0.4, -0.2) is 76.7 Å². The van der Waals surface area contributed by atoms with E-state index in [2.05, 4.69) is 20.7 Å². The summed E-state index contributed by atoms with van der Waals surface area (Å²) in [6.45, 7) is -0.752. The van der Waals surface area contributed by atoms with E-state index >= 15 is 0 Å². The van der Waals surface area contributed by atoms with E-state index in [1.807, 2.05) is 0 Å². The molecule has 0 bridgehead atoms. The largest absolute Gasteiger partial charge is 0.479 e. The summed E-state index contributed by atoms with van der Waals surface area (Å²) in [5.74, 6) is -4.01. The molecule has 1 saturated heterocycles. The van der Waals surface area contributed by atoms with Gasteiger partial charge in [-0.2, -0.15) is 13.2 Å². The van der Waals surface area contributed by atoms with Gasteiger partial charge in [0.05, 0.1) is 29.3 Å². The van der Waals surface area contributed by atoms with Gasteiger partial charge in [0.15, 0.2) is 17.2 Å². The van der Waals surface area contributed by atoms with Crippen LogP contribution in [-0.2, 0) is 34.8 Å². The van der Waals surface area contributed by atoms with Gasteiger partial charge in [-0.15, -0.1) is 11.3 Å². The zero-order valence-corrected chi connectivity index (χ0v) is 27.7. The number of rotatable bonds is 10. The number of carbonyl (C=O) groups is 3. The van der Waals surface area contributed by atoms with Crippen LogP contribution in [0.5, 0.6) is 5.75 Å². The predicted molar refractivity (Wildman–Crippen MR) is 168 cm³/mol. The highest BCUT2D eigenvalue weighted by Gasteiger charge is 2.46. The Morgan fingerprint density at radius 3 is 2.35 bits per heavy atom. The summed E-state index contributed by atoms with van der Waals surface area (Å²) in [5, 5.41) is 0. The third-order valence-corrected chi connectivity index (χ3v) is 11.2. The molecule has 2 heterocycles. The van der Waals surface area contributed by atoms with Crippen molar-refractivity contribution in [3.05, 3.63) is 63.4 Å². The predicted octanol–water partition coefficient (Wildman–Crippen LogP) is 4.99. The number of thiophene rings is 1. The molecule has 4 rings (SSSR count). The number of nitrogens with zero attached hydrogens (tertiary/aromatic N) is 2. The number of anilines is 2. The first kappa shape index (κ1) is 35.2. The van der Waals surface area contributed by atoms with Crippen LogP contribution in [0.15, 0.2) is 53.0 Å². The molecule has 11 nitrogen and oxygen atoms in total. The van der Waals surface area contributed by atoms with Crippen molar-refractivity contribution in [3.8, 4) is 16.2 Å². The number of amides is 1. The molecule has 248 valence electrons. The molecular formula is C29H29BrF3N3O8S2. The second-order valence-corrected chi connectivity index (χ2v) is 13.9. The van der Waals surface area contributed by atoms with Crippen LogP contribution in [0.3, 0.4) is 0 Å². The fourth-order valence-electron chi connectivity index (χ4n) is 4.89. The summed E-state index contributed by atoms with van der Waals surface area (Å²) in [6.07, 6.45) is -5.34. The first-order chi connectivity index (χ1) is 21.7. The minimum atomic E-state index is -5.22. The Morgan fingerprint density at radius 1 is 1.07 bits per heavy atom. The van der Waals surface area contributed by atoms with Crippen molar-refractivity contribution in [1.82, 2.24) is 4.31 Å². The smallest absolute Gasteiger partial charge is 0.471 e. The maximum atomic E-state index is 13.9. The van der Waals surface area contributed by atoms with Crippen LogP contribution in [0.1, 0.15) is 28.1 Å². The quantitative estimate of drug-likeness (QED) is 0.224. The molecule has 1 aromatic heterocycles. The Bertz CT molecular complexity index is 1720. The van der Waals surface area contributed by atoms with E-state index in [9.17, 15) is 36.0 Å². The van der Waals surface area contributed by atoms with Crippen LogP contribution >= 0.6 is 27.3 Å². The van der Waals surface area contributed by atoms with Crippen molar-refractivity contribution in [2.75, 3.05) is 44.5 Å². The van der Waals surface area contributed by atoms with Gasteiger partial charge in [-0.25, -0.2) is 22.3 Å². The van der Waals surface area contributed by atoms with E-state index in [0.717, 1.165) is 25.6 Å². The Kier molecular flexibility index (Phi) is 11.0. The minimum absolute atomic E-state index is 0.0206. The van der Waals surface area contributed by atoms with Crippen LogP contribution in [0.25, 0.3) is 10.4 Å². The topological polar surface area (TPSA) is 146 Å². The zero-order valence-electron chi connectivity index (χ0n) is 24.5. The Balaban J connectivity index is 1.64. The number of methoxy groups -OCH3 is 2. The van der Waals surface area contributed by atoms with E-state index < -0.39 is 46.7 Å². The highest BCUT2D eigenvalue weighted by Crippen LogP contribution is 2.47. The zero-order chi connectivity index (χ0) is 33.8. The summed E-state index contributed by atoms with van der Waals surface area (Å²) >= 11 is 4.25. The molecule has 0 unspecified atom stereocenters. The molecule has 0 radical (unpaired) electrons. The van der Waals surface area contributed by atoms with E-state index in [1.54, 1.807) is 30.3 Å². The molecule has 46 heavy (non-hydrogen) atoms. The summed E-state index contributed by atoms with van der Waals surface area (Å²) < 4.78 is 84.3. The van der Waals surface area contributed by atoms with Gasteiger partial charge in [0.25, 0.3) is 0 Å². The molecule has 0 atom stereocenters. The number of carbonyl (C=O) groups excluding carboxylic acids is 3. The molecule has 2 N–H and O–H groups in total. The molecular weight excluding hydrogens is 719 g/mol. The normalized spacial score (nSPS) is 14.5. The molecule has 1 amide bonds. The third-order valence-electron chi connectivity index (χ3n) is 7.16. The number of benzene rings is 2. The van der Waals surface area contributed by atoms with E-state index in [-0.39, 0.29) is 52.5 Å². The highest BCUT2D eigenvalue weighted by molar-refractivity contribution is 9.10. The van der Waals surface area contributed by atoms with Crippen LogP contribution in [0, 0.1) is 0 Å². The molecule has 3 aromatic rings. The molecule has 0 spiro atoms. The number of hydrogen-bond acceptors (Lipinski definition) is 10. The van der Waals surface area contributed by atoms with Crippen molar-refractivity contribution in [2.24, 2.45) is 0 Å². The van der Waals surface area contributed by atoms with E-state index in [1.165, 1.54) is 22.5 Å².